The number of carbonyl (C=O) groups excluding carboxylic acids is 1. The number of nitrogens with zero attached hydrogens (tertiary/aromatic N) is 1. The van der Waals surface area contributed by atoms with Crippen molar-refractivity contribution in [1.29, 1.82) is 0 Å². The third-order valence-electron chi connectivity index (χ3n) is 4.73. The number of hydrogen-bond acceptors (Lipinski definition) is 5. The van der Waals surface area contributed by atoms with Gasteiger partial charge in [0.15, 0.2) is 5.78 Å². The number of benzene rings is 1. The lowest BCUT2D eigenvalue weighted by Gasteiger charge is -2.37. The van der Waals surface area contributed by atoms with Crippen LogP contribution in [-0.2, 0) is 9.59 Å². The Kier molecular flexibility index (Phi) is 5.56. The molecule has 1 heterocycles. The number of halogens is 1. The molecule has 1 aromatic rings. The predicted octanol–water partition coefficient (Wildman–Crippen LogP) is 3.14. The summed E-state index contributed by atoms with van der Waals surface area (Å²) in [6, 6.07) is 5.54. The fourth-order valence-corrected chi connectivity index (χ4v) is 3.83. The van der Waals surface area contributed by atoms with Crippen LogP contribution in [0.3, 0.4) is 0 Å². The van der Waals surface area contributed by atoms with Gasteiger partial charge in [0.2, 0.25) is 0 Å². The first-order chi connectivity index (χ1) is 12.0. The molecule has 2 unspecified atom stereocenters. The molecule has 1 saturated carbocycles. The van der Waals surface area contributed by atoms with Gasteiger partial charge in [-0.2, -0.15) is 0 Å². The van der Waals surface area contributed by atoms with Gasteiger partial charge in [-0.05, 0) is 42.9 Å². The highest BCUT2D eigenvalue weighted by molar-refractivity contribution is 7.94. The van der Waals surface area contributed by atoms with Crippen molar-refractivity contribution in [2.75, 3.05) is 13.1 Å². The normalized spacial score (nSPS) is 24.2. The molecule has 1 aromatic carbocycles. The summed E-state index contributed by atoms with van der Waals surface area (Å²) < 4.78 is 23.8. The average molecular weight is 365 g/mol. The lowest BCUT2D eigenvalue weighted by Crippen LogP contribution is -2.43. The summed E-state index contributed by atoms with van der Waals surface area (Å²) in [6.45, 7) is 0.717. The van der Waals surface area contributed by atoms with E-state index in [4.69, 9.17) is 5.11 Å². The molecule has 2 fully saturated rings. The highest BCUT2D eigenvalue weighted by Gasteiger charge is 2.41. The number of carboxylic acid groups (broad SMARTS) is 1. The van der Waals surface area contributed by atoms with Gasteiger partial charge in [-0.25, -0.2) is 9.18 Å². The van der Waals surface area contributed by atoms with Crippen molar-refractivity contribution in [3.8, 4) is 0 Å². The second-order valence-electron chi connectivity index (χ2n) is 6.51. The Labute approximate surface area is 149 Å². The van der Waals surface area contributed by atoms with Crippen molar-refractivity contribution in [2.45, 2.75) is 30.6 Å². The van der Waals surface area contributed by atoms with Gasteiger partial charge in [0.1, 0.15) is 5.82 Å². The van der Waals surface area contributed by atoms with E-state index in [-0.39, 0.29) is 23.5 Å². The van der Waals surface area contributed by atoms with Crippen molar-refractivity contribution < 1.29 is 23.6 Å². The maximum atomic E-state index is 14.4. The minimum atomic E-state index is -1.09. The maximum Gasteiger partial charge on any atom is 0.328 e. The number of Topliss-reactive ketones (excluding diaryl/α,β-unsaturated/α-hetero) is 1. The minimum absolute atomic E-state index is 0.00474. The third kappa shape index (κ3) is 4.11. The summed E-state index contributed by atoms with van der Waals surface area (Å²) in [5.41, 5.74) is 0.875. The number of hydrogen-bond donors (Lipinski definition) is 2. The van der Waals surface area contributed by atoms with Gasteiger partial charge in [-0.3, -0.25) is 9.69 Å². The van der Waals surface area contributed by atoms with Gasteiger partial charge in [-0.1, -0.05) is 18.2 Å². The van der Waals surface area contributed by atoms with Crippen LogP contribution in [0.2, 0.25) is 0 Å². The Balaban J connectivity index is 1.92. The quantitative estimate of drug-likeness (QED) is 0.596. The smallest absolute Gasteiger partial charge is 0.328 e. The van der Waals surface area contributed by atoms with E-state index in [0.29, 0.717) is 36.1 Å². The van der Waals surface area contributed by atoms with Crippen LogP contribution < -0.4 is 0 Å². The molecule has 0 amide bonds. The van der Waals surface area contributed by atoms with Crippen LogP contribution in [0.1, 0.15) is 30.9 Å². The molecule has 0 spiro atoms. The fourth-order valence-electron chi connectivity index (χ4n) is 3.34. The highest BCUT2D eigenvalue weighted by Crippen LogP contribution is 2.40. The number of piperidine rings is 1. The van der Waals surface area contributed by atoms with E-state index in [1.165, 1.54) is 6.07 Å². The molecule has 0 radical (unpaired) electrons. The molecule has 2 atom stereocenters. The Morgan fingerprint density at radius 3 is 2.60 bits per heavy atom. The second kappa shape index (κ2) is 7.68. The Hall–Kier alpha value is -1.70. The number of carboxylic acids is 1. The van der Waals surface area contributed by atoms with Crippen LogP contribution in [0.15, 0.2) is 35.9 Å². The summed E-state index contributed by atoms with van der Waals surface area (Å²) in [5, 5.41) is 8.74. The maximum absolute atomic E-state index is 14.4. The number of rotatable bonds is 6. The van der Waals surface area contributed by atoms with E-state index in [1.54, 1.807) is 18.2 Å². The van der Waals surface area contributed by atoms with E-state index in [1.807, 2.05) is 4.90 Å². The molecule has 5 nitrogen and oxygen atoms in total. The first-order valence-corrected chi connectivity index (χ1v) is 9.10. The number of ketones is 1. The number of likely N-dealkylation sites (tertiary alicyclic amines) is 1. The molecule has 3 rings (SSSR count). The molecular weight excluding hydrogens is 345 g/mol. The highest BCUT2D eigenvalue weighted by atomic mass is 32.2. The standard InChI is InChI=1S/C18H20FNO4S/c19-14-4-2-1-3-13(14)17(18(23)11-5-6-11)20-8-7-15(25-24)12(10-20)9-16(21)22/h1-4,9,11,15,17,24H,5-8,10H2,(H,21,22)/b12-9-. The third-order valence-corrected chi connectivity index (χ3v) is 5.52. The molecule has 0 aromatic heterocycles. The molecule has 7 heteroatoms. The molecule has 1 saturated heterocycles. The van der Waals surface area contributed by atoms with E-state index in [9.17, 15) is 18.5 Å². The Bertz CT molecular complexity index is 704. The lowest BCUT2D eigenvalue weighted by atomic mass is 9.93. The van der Waals surface area contributed by atoms with Crippen molar-refractivity contribution >= 4 is 23.8 Å². The van der Waals surface area contributed by atoms with Gasteiger partial charge in [-0.15, -0.1) is 0 Å². The van der Waals surface area contributed by atoms with E-state index in [2.05, 4.69) is 0 Å². The van der Waals surface area contributed by atoms with Gasteiger partial charge in [0, 0.05) is 30.6 Å². The van der Waals surface area contributed by atoms with Crippen LogP contribution in [-0.4, -0.2) is 44.7 Å². The van der Waals surface area contributed by atoms with Crippen molar-refractivity contribution in [3.05, 3.63) is 47.3 Å². The summed E-state index contributed by atoms with van der Waals surface area (Å²) in [6.07, 6.45) is 3.23. The molecule has 134 valence electrons. The monoisotopic (exact) mass is 365 g/mol. The SMILES string of the molecule is O=C(O)/C=C1/CN(C(C(=O)C2CC2)c2ccccc2F)CCC1SO. The summed E-state index contributed by atoms with van der Waals surface area (Å²) in [7, 11) is 0. The minimum Gasteiger partial charge on any atom is -0.478 e. The summed E-state index contributed by atoms with van der Waals surface area (Å²) in [5.74, 6) is -1.56. The summed E-state index contributed by atoms with van der Waals surface area (Å²) in [4.78, 5) is 25.7. The number of carbonyl (C=O) groups is 2. The van der Waals surface area contributed by atoms with Crippen molar-refractivity contribution in [3.63, 3.8) is 0 Å². The largest absolute Gasteiger partial charge is 0.478 e. The molecular formula is C18H20FNO4S. The first-order valence-electron chi connectivity index (χ1n) is 8.27. The van der Waals surface area contributed by atoms with Gasteiger partial charge in [0.05, 0.1) is 11.3 Å². The van der Waals surface area contributed by atoms with Crippen LogP contribution in [0.5, 0.6) is 0 Å². The molecule has 2 aliphatic rings. The predicted molar refractivity (Wildman–Crippen MR) is 92.8 cm³/mol. The van der Waals surface area contributed by atoms with Gasteiger partial charge in [0.25, 0.3) is 0 Å². The van der Waals surface area contributed by atoms with E-state index >= 15 is 0 Å². The van der Waals surface area contributed by atoms with Crippen LogP contribution in [0.25, 0.3) is 0 Å². The van der Waals surface area contributed by atoms with Gasteiger partial charge < -0.3 is 9.66 Å². The zero-order valence-electron chi connectivity index (χ0n) is 13.6. The Morgan fingerprint density at radius 2 is 2.00 bits per heavy atom. The molecule has 1 aliphatic heterocycles. The molecule has 2 N–H and O–H groups in total. The zero-order chi connectivity index (χ0) is 18.0. The molecule has 1 aliphatic carbocycles. The molecule has 0 bridgehead atoms. The Morgan fingerprint density at radius 1 is 1.28 bits per heavy atom. The summed E-state index contributed by atoms with van der Waals surface area (Å²) >= 11 is 0.618. The van der Waals surface area contributed by atoms with Crippen LogP contribution >= 0.6 is 12.0 Å². The fraction of sp³-hybridized carbons (Fsp3) is 0.444. The van der Waals surface area contributed by atoms with Crippen LogP contribution in [0, 0.1) is 11.7 Å². The van der Waals surface area contributed by atoms with Gasteiger partial charge >= 0.3 is 5.97 Å². The second-order valence-corrected chi connectivity index (χ2v) is 7.29. The first kappa shape index (κ1) is 18.1. The van der Waals surface area contributed by atoms with E-state index < -0.39 is 17.8 Å². The average Bonchev–Trinajstić information content (AvgIpc) is 3.41. The van der Waals surface area contributed by atoms with Crippen LogP contribution in [0.4, 0.5) is 4.39 Å². The number of aliphatic carboxylic acids is 1. The topological polar surface area (TPSA) is 77.8 Å². The van der Waals surface area contributed by atoms with Crippen molar-refractivity contribution in [1.82, 2.24) is 4.90 Å². The van der Waals surface area contributed by atoms with Crippen molar-refractivity contribution in [2.24, 2.45) is 5.92 Å². The lowest BCUT2D eigenvalue weighted by molar-refractivity contribution is -0.131. The molecule has 25 heavy (non-hydrogen) atoms. The zero-order valence-corrected chi connectivity index (χ0v) is 14.4. The van der Waals surface area contributed by atoms with E-state index in [0.717, 1.165) is 18.9 Å².